The van der Waals surface area contributed by atoms with Gasteiger partial charge in [-0.25, -0.2) is 0 Å². The van der Waals surface area contributed by atoms with E-state index in [2.05, 4.69) is 56.5 Å². The predicted octanol–water partition coefficient (Wildman–Crippen LogP) is 6.74. The number of carbonyl (C=O) groups excluding carboxylic acids is 2. The van der Waals surface area contributed by atoms with Crippen LogP contribution in [0, 0.1) is 19.8 Å². The minimum absolute atomic E-state index is 0.0462. The second-order valence-electron chi connectivity index (χ2n) is 8.84. The summed E-state index contributed by atoms with van der Waals surface area (Å²) in [6.07, 6.45) is 5.57. The number of hydrogen-bond donors (Lipinski definition) is 2. The van der Waals surface area contributed by atoms with Gasteiger partial charge >= 0.3 is 0 Å². The van der Waals surface area contributed by atoms with Crippen LogP contribution in [-0.2, 0) is 4.79 Å². The average molecular weight is 449 g/mol. The molecule has 33 heavy (non-hydrogen) atoms. The monoisotopic (exact) mass is 448 g/mol. The van der Waals surface area contributed by atoms with E-state index < -0.39 is 0 Å². The first-order valence-corrected chi connectivity index (χ1v) is 12.1. The molecule has 2 aromatic carbocycles. The Labute approximate surface area is 196 Å². The van der Waals surface area contributed by atoms with Gasteiger partial charge in [0.05, 0.1) is 6.04 Å². The lowest BCUT2D eigenvalue weighted by Crippen LogP contribution is -2.24. The third-order valence-electron chi connectivity index (χ3n) is 6.22. The summed E-state index contributed by atoms with van der Waals surface area (Å²) in [5, 5.41) is 7.66. The molecule has 3 aromatic rings. The van der Waals surface area contributed by atoms with Crippen LogP contribution in [0.1, 0.15) is 79.2 Å². The van der Waals surface area contributed by atoms with Gasteiger partial charge in [-0.15, -0.1) is 0 Å². The first-order valence-electron chi connectivity index (χ1n) is 12.1. The highest BCUT2D eigenvalue weighted by Gasteiger charge is 2.28. The number of aldehydes is 1. The first kappa shape index (κ1) is 24.6. The van der Waals surface area contributed by atoms with E-state index in [1.165, 1.54) is 16.5 Å². The van der Waals surface area contributed by atoms with E-state index in [0.717, 1.165) is 49.0 Å². The summed E-state index contributed by atoms with van der Waals surface area (Å²) in [4.78, 5) is 22.7. The molecule has 2 N–H and O–H groups in total. The number of fused-ring (bicyclic) bond motifs is 1. The van der Waals surface area contributed by atoms with Crippen molar-refractivity contribution in [1.29, 1.82) is 0 Å². The smallest absolute Gasteiger partial charge is 0.251 e. The Morgan fingerprint density at radius 1 is 1.03 bits per heavy atom. The van der Waals surface area contributed by atoms with E-state index in [-0.39, 0.29) is 11.9 Å². The van der Waals surface area contributed by atoms with Gasteiger partial charge in [-0.05, 0) is 69.0 Å². The van der Waals surface area contributed by atoms with Crippen molar-refractivity contribution in [3.63, 3.8) is 0 Å². The molecule has 1 heterocycles. The van der Waals surface area contributed by atoms with Crippen LogP contribution < -0.4 is 10.6 Å². The third-order valence-corrected chi connectivity index (χ3v) is 6.22. The maximum absolute atomic E-state index is 12.3. The third kappa shape index (κ3) is 6.04. The highest BCUT2D eigenvalue weighted by Crippen LogP contribution is 2.38. The van der Waals surface area contributed by atoms with E-state index in [0.29, 0.717) is 24.4 Å². The maximum Gasteiger partial charge on any atom is 0.251 e. The molecule has 1 aromatic heterocycles. The molecule has 0 aliphatic rings. The molecule has 176 valence electrons. The molecule has 0 spiro atoms. The molecule has 0 saturated carbocycles. The average Bonchev–Trinajstić information content (AvgIpc) is 3.13. The summed E-state index contributed by atoms with van der Waals surface area (Å²) in [5.41, 5.74) is 4.88. The molecule has 0 aliphatic heterocycles. The fraction of sp³-hybridized carbons (Fsp3) is 0.429. The van der Waals surface area contributed by atoms with Crippen molar-refractivity contribution >= 4 is 28.8 Å². The van der Waals surface area contributed by atoms with E-state index in [4.69, 9.17) is 4.42 Å². The normalized spacial score (nSPS) is 12.2. The molecular formula is C28H36N2O3. The van der Waals surface area contributed by atoms with Crippen LogP contribution in [0.15, 0.2) is 46.9 Å². The largest absolute Gasteiger partial charge is 0.459 e. The van der Waals surface area contributed by atoms with Crippen molar-refractivity contribution in [3.8, 4) is 0 Å². The Morgan fingerprint density at radius 2 is 1.73 bits per heavy atom. The molecule has 1 atom stereocenters. The van der Waals surface area contributed by atoms with Crippen LogP contribution in [0.5, 0.6) is 0 Å². The quantitative estimate of drug-likeness (QED) is 0.238. The molecule has 1 amide bonds. The number of anilines is 1. The van der Waals surface area contributed by atoms with Crippen molar-refractivity contribution in [2.24, 2.45) is 5.92 Å². The van der Waals surface area contributed by atoms with Gasteiger partial charge in [-0.2, -0.15) is 0 Å². The molecule has 5 nitrogen and oxygen atoms in total. The maximum atomic E-state index is 12.3. The highest BCUT2D eigenvalue weighted by molar-refractivity contribution is 5.94. The molecule has 5 heteroatoms. The van der Waals surface area contributed by atoms with E-state index in [1.54, 1.807) is 0 Å². The van der Waals surface area contributed by atoms with Gasteiger partial charge < -0.3 is 19.8 Å². The van der Waals surface area contributed by atoms with Gasteiger partial charge in [0.2, 0.25) is 0 Å². The second kappa shape index (κ2) is 11.7. The molecule has 1 unspecified atom stereocenters. The van der Waals surface area contributed by atoms with Crippen LogP contribution in [-0.4, -0.2) is 18.7 Å². The summed E-state index contributed by atoms with van der Waals surface area (Å²) in [6, 6.07) is 13.9. The van der Waals surface area contributed by atoms with Gasteiger partial charge in [0.15, 0.2) is 0 Å². The van der Waals surface area contributed by atoms with E-state index in [9.17, 15) is 9.59 Å². The summed E-state index contributed by atoms with van der Waals surface area (Å²) in [5.74, 6) is 1.27. The summed E-state index contributed by atoms with van der Waals surface area (Å²) >= 11 is 0. The van der Waals surface area contributed by atoms with Gasteiger partial charge in [0.1, 0.15) is 17.6 Å². The lowest BCUT2D eigenvalue weighted by atomic mass is 9.87. The zero-order valence-corrected chi connectivity index (χ0v) is 20.2. The van der Waals surface area contributed by atoms with Crippen LogP contribution in [0.4, 0.5) is 5.69 Å². The van der Waals surface area contributed by atoms with Crippen molar-refractivity contribution < 1.29 is 14.0 Å². The van der Waals surface area contributed by atoms with Crippen LogP contribution >= 0.6 is 0 Å². The Balaban J connectivity index is 1.90. The molecule has 0 radical (unpaired) electrons. The van der Waals surface area contributed by atoms with Crippen LogP contribution in [0.25, 0.3) is 11.0 Å². The number of carbonyl (C=O) groups is 2. The summed E-state index contributed by atoms with van der Waals surface area (Å²) in [7, 11) is 0. The molecule has 0 fully saturated rings. The van der Waals surface area contributed by atoms with Gasteiger partial charge in [-0.3, -0.25) is 4.79 Å². The van der Waals surface area contributed by atoms with Crippen LogP contribution in [0.3, 0.4) is 0 Å². The second-order valence-corrected chi connectivity index (χ2v) is 8.84. The van der Waals surface area contributed by atoms with Crippen molar-refractivity contribution in [3.05, 3.63) is 64.9 Å². The number of benzene rings is 2. The Hall–Kier alpha value is -3.08. The molecule has 0 saturated heterocycles. The zero-order chi connectivity index (χ0) is 23.8. The fourth-order valence-corrected chi connectivity index (χ4v) is 4.51. The van der Waals surface area contributed by atoms with E-state index in [1.807, 2.05) is 24.3 Å². The number of aryl methyl sites for hydroxylation is 2. The summed E-state index contributed by atoms with van der Waals surface area (Å²) < 4.78 is 6.42. The Morgan fingerprint density at radius 3 is 2.36 bits per heavy atom. The number of nitrogens with one attached hydrogen (secondary N) is 2. The summed E-state index contributed by atoms with van der Waals surface area (Å²) in [6.45, 7) is 9.07. The highest BCUT2D eigenvalue weighted by atomic mass is 16.3. The number of rotatable bonds is 12. The zero-order valence-electron chi connectivity index (χ0n) is 20.2. The Bertz CT molecular complexity index is 1060. The Kier molecular flexibility index (Phi) is 8.70. The fourth-order valence-electron chi connectivity index (χ4n) is 4.51. The van der Waals surface area contributed by atoms with E-state index >= 15 is 0 Å². The molecule has 3 rings (SSSR count). The minimum atomic E-state index is -0.168. The van der Waals surface area contributed by atoms with Gasteiger partial charge in [0.25, 0.3) is 5.91 Å². The number of furan rings is 1. The standard InChI is InChI=1S/C28H36N2O3/c1-5-8-21(9-6-2)26(27-20(4)24-18-19(3)10-15-25(24)33-27)30-23-13-11-22(12-14-23)28(32)29-16-7-17-31/h10-15,17-18,21,26,30H,5-9,16H2,1-4H3,(H,29,32). The van der Waals surface area contributed by atoms with Gasteiger partial charge in [-0.1, -0.05) is 38.3 Å². The molecule has 0 bridgehead atoms. The van der Waals surface area contributed by atoms with Crippen molar-refractivity contribution in [2.45, 2.75) is 65.8 Å². The molecular weight excluding hydrogens is 412 g/mol. The van der Waals surface area contributed by atoms with Crippen molar-refractivity contribution in [2.75, 3.05) is 11.9 Å². The number of amides is 1. The topological polar surface area (TPSA) is 71.3 Å². The predicted molar refractivity (Wildman–Crippen MR) is 135 cm³/mol. The number of hydrogen-bond acceptors (Lipinski definition) is 4. The SMILES string of the molecule is CCCC(CCC)C(Nc1ccc(C(=O)NCCC=O)cc1)c1oc2ccc(C)cc2c1C. The van der Waals surface area contributed by atoms with Crippen LogP contribution in [0.2, 0.25) is 0 Å². The lowest BCUT2D eigenvalue weighted by Gasteiger charge is -2.28. The molecule has 0 aliphatic carbocycles. The van der Waals surface area contributed by atoms with Gasteiger partial charge in [0, 0.05) is 35.2 Å². The van der Waals surface area contributed by atoms with Crippen molar-refractivity contribution in [1.82, 2.24) is 5.32 Å². The first-order chi connectivity index (χ1) is 16.0. The minimum Gasteiger partial charge on any atom is -0.459 e. The lowest BCUT2D eigenvalue weighted by molar-refractivity contribution is -0.107.